The number of hydrogen-bond acceptors (Lipinski definition) is 10. The van der Waals surface area contributed by atoms with Gasteiger partial charge in [-0.1, -0.05) is 215 Å². The number of phenolic OH excluding ortho intramolecular Hbond substituents is 2. The number of benzene rings is 8. The molecule has 12 heteroatoms. The summed E-state index contributed by atoms with van der Waals surface area (Å²) >= 11 is 0. The van der Waals surface area contributed by atoms with Crippen molar-refractivity contribution in [3.05, 3.63) is 228 Å². The van der Waals surface area contributed by atoms with Crippen LogP contribution in [0.4, 0.5) is 0 Å². The van der Waals surface area contributed by atoms with Gasteiger partial charge < -0.3 is 10.2 Å². The van der Waals surface area contributed by atoms with Gasteiger partial charge in [-0.3, -0.25) is 9.13 Å². The molecule has 0 atom stereocenters. The zero-order chi connectivity index (χ0) is 76.5. The highest BCUT2D eigenvalue weighted by atomic mass is 16.3. The molecule has 0 aliphatic carbocycles. The van der Waals surface area contributed by atoms with Crippen molar-refractivity contribution in [2.75, 3.05) is 0 Å². The molecular weight excluding hydrogens is 1300 g/mol. The van der Waals surface area contributed by atoms with E-state index < -0.39 is 0 Å². The standard InChI is InChI=1S/C94H104N10O2/c1-87(2,3)61-41-62(88(4,5)6)44-67(43-61)103-79-29-25-27-69(81(79)101-85(103)71-47-65(91(13,14)15)49-73(83(71)105)93(19,20)21)55-35-57(75-31-33-95-52-97-75)39-59(37-55)77-51-78(100-54-99-77)60-38-56(36-58(40-60)76-32-34-96-53-98-76)70-28-26-30-80-82(70)102-86(72-48-66(92(16,17)18)50-74(84(72)106)94(22,23)24)104(80)68-45-63(89(7,8)9)42-64(46-68)90(10,11)12/h25-54,105-106H,1-24H3. The van der Waals surface area contributed by atoms with Crippen molar-refractivity contribution in [3.8, 4) is 113 Å². The Morgan fingerprint density at radius 1 is 0.274 bits per heavy atom. The van der Waals surface area contributed by atoms with Crippen LogP contribution in [0.2, 0.25) is 0 Å². The second-order valence-electron chi connectivity index (χ2n) is 37.3. The molecule has 12 nitrogen and oxygen atoms in total. The summed E-state index contributed by atoms with van der Waals surface area (Å²) < 4.78 is 4.54. The molecule has 106 heavy (non-hydrogen) atoms. The van der Waals surface area contributed by atoms with Gasteiger partial charge in [0.25, 0.3) is 0 Å². The second kappa shape index (κ2) is 26.2. The van der Waals surface area contributed by atoms with E-state index >= 15 is 0 Å². The molecule has 5 heterocycles. The Bertz CT molecular complexity index is 5160. The maximum Gasteiger partial charge on any atom is 0.149 e. The predicted molar refractivity (Wildman–Crippen MR) is 439 cm³/mol. The molecule has 0 aliphatic rings. The van der Waals surface area contributed by atoms with Crippen molar-refractivity contribution in [2.24, 2.45) is 0 Å². The Labute approximate surface area is 627 Å². The molecule has 0 radical (unpaired) electrons. The predicted octanol–water partition coefficient (Wildman–Crippen LogP) is 23.9. The summed E-state index contributed by atoms with van der Waals surface area (Å²) in [6.45, 7) is 53.5. The summed E-state index contributed by atoms with van der Waals surface area (Å²) in [5.41, 5.74) is 23.1. The highest BCUT2D eigenvalue weighted by molar-refractivity contribution is 6.00. The van der Waals surface area contributed by atoms with Crippen molar-refractivity contribution in [1.82, 2.24) is 49.0 Å². The monoisotopic (exact) mass is 1400 g/mol. The van der Waals surface area contributed by atoms with E-state index in [0.29, 0.717) is 34.2 Å². The Balaban J connectivity index is 1.04. The number of aromatic nitrogens is 10. The number of phenols is 2. The van der Waals surface area contributed by atoms with Crippen LogP contribution in [0.5, 0.6) is 11.5 Å². The van der Waals surface area contributed by atoms with E-state index in [1.165, 1.54) is 22.3 Å². The van der Waals surface area contributed by atoms with E-state index in [1.807, 2.05) is 12.1 Å². The minimum absolute atomic E-state index is 0.184. The molecule has 0 fully saturated rings. The zero-order valence-electron chi connectivity index (χ0n) is 66.7. The third-order valence-corrected chi connectivity index (χ3v) is 20.7. The van der Waals surface area contributed by atoms with E-state index in [9.17, 15) is 10.2 Å². The molecule has 2 N–H and O–H groups in total. The van der Waals surface area contributed by atoms with Gasteiger partial charge in [0.15, 0.2) is 0 Å². The summed E-state index contributed by atoms with van der Waals surface area (Å²) in [6.07, 6.45) is 8.35. The number of nitrogens with zero attached hydrogens (tertiary/aromatic N) is 10. The molecule has 13 rings (SSSR count). The number of fused-ring (bicyclic) bond motifs is 2. The smallest absolute Gasteiger partial charge is 0.149 e. The van der Waals surface area contributed by atoms with Crippen molar-refractivity contribution in [2.45, 2.75) is 209 Å². The van der Waals surface area contributed by atoms with Crippen LogP contribution in [0.25, 0.3) is 124 Å². The number of para-hydroxylation sites is 2. The first-order valence-corrected chi connectivity index (χ1v) is 37.2. The lowest BCUT2D eigenvalue weighted by atomic mass is 9.78. The summed E-state index contributed by atoms with van der Waals surface area (Å²) in [7, 11) is 0. The quantitative estimate of drug-likeness (QED) is 0.135. The molecule has 0 amide bonds. The lowest BCUT2D eigenvalue weighted by molar-refractivity contribution is 0.445. The number of hydrogen-bond donors (Lipinski definition) is 2. The Morgan fingerprint density at radius 3 is 0.877 bits per heavy atom. The molecule has 0 saturated heterocycles. The van der Waals surface area contributed by atoms with Gasteiger partial charge in [0, 0.05) is 68.3 Å². The molecule has 542 valence electrons. The molecule has 5 aromatic heterocycles. The maximum absolute atomic E-state index is 12.9. The molecule has 0 saturated carbocycles. The highest BCUT2D eigenvalue weighted by Crippen LogP contribution is 2.49. The second-order valence-corrected chi connectivity index (χ2v) is 37.3. The number of rotatable bonds is 10. The van der Waals surface area contributed by atoms with Crippen LogP contribution in [0.3, 0.4) is 0 Å². The third-order valence-electron chi connectivity index (χ3n) is 20.7. The van der Waals surface area contributed by atoms with E-state index in [-0.39, 0.29) is 54.8 Å². The molecule has 0 bridgehead atoms. The largest absolute Gasteiger partial charge is 0.507 e. The van der Waals surface area contributed by atoms with Crippen molar-refractivity contribution in [3.63, 3.8) is 0 Å². The van der Waals surface area contributed by atoms with Crippen LogP contribution in [0.1, 0.15) is 211 Å². The van der Waals surface area contributed by atoms with Crippen LogP contribution in [0, 0.1) is 0 Å². The topological polar surface area (TPSA) is 153 Å². The lowest BCUT2D eigenvalue weighted by Gasteiger charge is -2.28. The van der Waals surface area contributed by atoms with Gasteiger partial charge in [0.05, 0.1) is 56.0 Å². The normalized spacial score (nSPS) is 13.0. The van der Waals surface area contributed by atoms with E-state index in [1.54, 1.807) is 31.4 Å². The van der Waals surface area contributed by atoms with Crippen LogP contribution in [-0.2, 0) is 43.3 Å². The molecule has 0 unspecified atom stereocenters. The Morgan fingerprint density at radius 2 is 0.575 bits per heavy atom. The van der Waals surface area contributed by atoms with Crippen LogP contribution < -0.4 is 0 Å². The summed E-state index contributed by atoms with van der Waals surface area (Å²) in [6, 6.07) is 54.3. The van der Waals surface area contributed by atoms with Gasteiger partial charge in [-0.25, -0.2) is 39.9 Å². The molecule has 8 aromatic carbocycles. The van der Waals surface area contributed by atoms with Crippen LogP contribution >= 0.6 is 0 Å². The zero-order valence-corrected chi connectivity index (χ0v) is 66.7. The third kappa shape index (κ3) is 14.4. The van der Waals surface area contributed by atoms with Gasteiger partial charge in [0.2, 0.25) is 0 Å². The fourth-order valence-electron chi connectivity index (χ4n) is 14.1. The number of imidazole rings is 2. The first kappa shape index (κ1) is 73.8. The van der Waals surface area contributed by atoms with Gasteiger partial charge in [-0.05, 0) is 191 Å². The van der Waals surface area contributed by atoms with Gasteiger partial charge in [0.1, 0.15) is 42.1 Å². The van der Waals surface area contributed by atoms with E-state index in [4.69, 9.17) is 29.9 Å². The van der Waals surface area contributed by atoms with Crippen LogP contribution in [-0.4, -0.2) is 59.2 Å². The highest BCUT2D eigenvalue weighted by Gasteiger charge is 2.34. The average Bonchev–Trinajstić information content (AvgIpc) is 1.57. The molecule has 0 aliphatic heterocycles. The molecular formula is C94H104N10O2. The average molecular weight is 1410 g/mol. The van der Waals surface area contributed by atoms with Crippen molar-refractivity contribution in [1.29, 1.82) is 0 Å². The maximum atomic E-state index is 12.9. The summed E-state index contributed by atoms with van der Waals surface area (Å²) in [5, 5.41) is 25.7. The first-order chi connectivity index (χ1) is 49.4. The van der Waals surface area contributed by atoms with Gasteiger partial charge >= 0.3 is 0 Å². The Hall–Kier alpha value is -10.5. The van der Waals surface area contributed by atoms with Crippen molar-refractivity contribution < 1.29 is 10.2 Å². The lowest BCUT2D eigenvalue weighted by Crippen LogP contribution is -2.18. The van der Waals surface area contributed by atoms with E-state index in [2.05, 4.69) is 325 Å². The fourth-order valence-corrected chi connectivity index (χ4v) is 14.1. The number of aromatic hydroxyl groups is 2. The van der Waals surface area contributed by atoms with Gasteiger partial charge in [-0.15, -0.1) is 0 Å². The van der Waals surface area contributed by atoms with E-state index in [0.717, 1.165) is 112 Å². The summed E-state index contributed by atoms with van der Waals surface area (Å²) in [5.74, 6) is 1.72. The van der Waals surface area contributed by atoms with Crippen molar-refractivity contribution >= 4 is 22.1 Å². The molecule has 0 spiro atoms. The SMILES string of the molecule is CC(C)(C)c1cc(-n2c(-c3cc(C(C)(C)C)cc(C(C)(C)C)c3O)nc3c(-c4cc(-c5ccncn5)cc(-c5cc(-c6cc(-c7ccncn7)cc(-c7cccc8c7nc(-c7cc(C(C)(C)C)cc(C(C)(C)C)c7O)n8-c7cc(C(C)(C)C)cc(C(C)(C)C)c7)c6)ncn5)c4)cccc32)cc(C(C)(C)C)c1. The minimum Gasteiger partial charge on any atom is -0.507 e. The minimum atomic E-state index is -0.390. The fraction of sp³-hybridized carbons (Fsp3) is 0.340. The summed E-state index contributed by atoms with van der Waals surface area (Å²) in [4.78, 5) is 40.2. The molecule has 13 aromatic rings. The van der Waals surface area contributed by atoms with Gasteiger partial charge in [-0.2, -0.15) is 0 Å². The van der Waals surface area contributed by atoms with Crippen LogP contribution in [0.15, 0.2) is 183 Å². The first-order valence-electron chi connectivity index (χ1n) is 37.2. The Kier molecular flexibility index (Phi) is 18.3.